The van der Waals surface area contributed by atoms with Gasteiger partial charge in [0, 0.05) is 36.1 Å². The fourth-order valence-electron chi connectivity index (χ4n) is 2.06. The molecule has 1 heterocycles. The third kappa shape index (κ3) is 3.15. The molecule has 1 fully saturated rings. The molecule has 1 aromatic carbocycles. The number of rotatable bonds is 4. The first-order valence-electron chi connectivity index (χ1n) is 6.02. The van der Waals surface area contributed by atoms with Gasteiger partial charge in [-0.25, -0.2) is 0 Å². The first-order valence-corrected chi connectivity index (χ1v) is 6.40. The molecule has 0 bridgehead atoms. The maximum Gasteiger partial charge on any atom is 0.220 e. The number of piperidine rings is 1. The molecule has 0 saturated carbocycles. The number of halogens is 1. The number of hydrogen-bond donors (Lipinski definition) is 2. The molecule has 0 radical (unpaired) electrons. The largest absolute Gasteiger partial charge is 0.496 e. The van der Waals surface area contributed by atoms with Crippen molar-refractivity contribution in [3.05, 3.63) is 28.8 Å². The number of amides is 1. The Kier molecular flexibility index (Phi) is 4.44. The normalized spacial score (nSPS) is 19.4. The van der Waals surface area contributed by atoms with Crippen molar-refractivity contribution in [2.45, 2.75) is 25.4 Å². The van der Waals surface area contributed by atoms with E-state index in [1.54, 1.807) is 7.11 Å². The van der Waals surface area contributed by atoms with E-state index in [4.69, 9.17) is 16.3 Å². The molecule has 5 heteroatoms. The van der Waals surface area contributed by atoms with Crippen LogP contribution in [0.2, 0.25) is 5.02 Å². The van der Waals surface area contributed by atoms with E-state index in [9.17, 15) is 4.79 Å². The van der Waals surface area contributed by atoms with Gasteiger partial charge in [0.05, 0.1) is 7.11 Å². The van der Waals surface area contributed by atoms with Crippen LogP contribution in [0.4, 0.5) is 0 Å². The Balaban J connectivity index is 1.95. The molecule has 4 nitrogen and oxygen atoms in total. The van der Waals surface area contributed by atoms with Crippen molar-refractivity contribution in [1.29, 1.82) is 0 Å². The summed E-state index contributed by atoms with van der Waals surface area (Å²) in [6, 6.07) is 5.91. The molecule has 0 aliphatic carbocycles. The molecule has 0 spiro atoms. The minimum Gasteiger partial charge on any atom is -0.496 e. The van der Waals surface area contributed by atoms with E-state index < -0.39 is 0 Å². The van der Waals surface area contributed by atoms with Crippen LogP contribution in [0.1, 0.15) is 18.4 Å². The second-order valence-corrected chi connectivity index (χ2v) is 4.75. The Morgan fingerprint density at radius 3 is 3.06 bits per heavy atom. The number of methoxy groups -OCH3 is 1. The van der Waals surface area contributed by atoms with Crippen LogP contribution in [-0.4, -0.2) is 25.6 Å². The summed E-state index contributed by atoms with van der Waals surface area (Å²) in [4.78, 5) is 11.1. The lowest BCUT2D eigenvalue weighted by Gasteiger charge is -2.24. The van der Waals surface area contributed by atoms with Crippen molar-refractivity contribution in [3.8, 4) is 5.75 Å². The maximum atomic E-state index is 11.1. The quantitative estimate of drug-likeness (QED) is 0.874. The minimum atomic E-state index is 0.128. The second kappa shape index (κ2) is 6.07. The maximum absolute atomic E-state index is 11.1. The molecule has 1 amide bonds. The van der Waals surface area contributed by atoms with Gasteiger partial charge in [-0.15, -0.1) is 0 Å². The molecular weight excluding hydrogens is 252 g/mol. The molecular formula is C13H17ClN2O2. The molecule has 2 N–H and O–H groups in total. The van der Waals surface area contributed by atoms with Gasteiger partial charge in [-0.05, 0) is 18.6 Å². The van der Waals surface area contributed by atoms with E-state index in [0.29, 0.717) is 30.6 Å². The molecule has 1 aliphatic heterocycles. The Labute approximate surface area is 112 Å². The monoisotopic (exact) mass is 268 g/mol. The number of carbonyl (C=O) groups is 1. The summed E-state index contributed by atoms with van der Waals surface area (Å²) in [5.41, 5.74) is 0.957. The first kappa shape index (κ1) is 13.2. The van der Waals surface area contributed by atoms with E-state index >= 15 is 0 Å². The van der Waals surface area contributed by atoms with Crippen molar-refractivity contribution < 1.29 is 9.53 Å². The zero-order chi connectivity index (χ0) is 13.0. The highest BCUT2D eigenvalue weighted by molar-refractivity contribution is 6.31. The van der Waals surface area contributed by atoms with Crippen LogP contribution < -0.4 is 15.4 Å². The zero-order valence-electron chi connectivity index (χ0n) is 10.3. The Bertz CT molecular complexity index is 427. The number of hydrogen-bond acceptors (Lipinski definition) is 3. The van der Waals surface area contributed by atoms with Gasteiger partial charge in [-0.1, -0.05) is 17.7 Å². The summed E-state index contributed by atoms with van der Waals surface area (Å²) in [5, 5.41) is 6.94. The third-order valence-corrected chi connectivity index (χ3v) is 3.48. The Hall–Kier alpha value is -1.26. The van der Waals surface area contributed by atoms with Crippen molar-refractivity contribution in [2.75, 3.05) is 13.7 Å². The van der Waals surface area contributed by atoms with E-state index in [2.05, 4.69) is 10.6 Å². The molecule has 2 rings (SSSR count). The Morgan fingerprint density at radius 2 is 2.39 bits per heavy atom. The standard InChI is InChI=1S/C13H17ClN2O2/c1-18-12-4-2-3-11(14)10(12)8-15-9-5-6-13(17)16-7-9/h2-4,9,15H,5-8H2,1H3,(H,16,17). The highest BCUT2D eigenvalue weighted by Gasteiger charge is 2.18. The van der Waals surface area contributed by atoms with E-state index in [1.165, 1.54) is 0 Å². The van der Waals surface area contributed by atoms with Gasteiger partial charge in [-0.2, -0.15) is 0 Å². The zero-order valence-corrected chi connectivity index (χ0v) is 11.1. The van der Waals surface area contributed by atoms with Crippen molar-refractivity contribution in [1.82, 2.24) is 10.6 Å². The number of carbonyl (C=O) groups excluding carboxylic acids is 1. The van der Waals surface area contributed by atoms with E-state index in [1.807, 2.05) is 18.2 Å². The van der Waals surface area contributed by atoms with Gasteiger partial charge >= 0.3 is 0 Å². The molecule has 1 aromatic rings. The predicted octanol–water partition coefficient (Wildman–Crippen LogP) is 1.72. The van der Waals surface area contributed by atoms with Gasteiger partial charge in [0.2, 0.25) is 5.91 Å². The van der Waals surface area contributed by atoms with Crippen LogP contribution in [0, 0.1) is 0 Å². The number of nitrogens with one attached hydrogen (secondary N) is 2. The van der Waals surface area contributed by atoms with Gasteiger partial charge in [0.15, 0.2) is 0 Å². The van der Waals surface area contributed by atoms with E-state index in [0.717, 1.165) is 17.7 Å². The first-order chi connectivity index (χ1) is 8.70. The van der Waals surface area contributed by atoms with Crippen LogP contribution in [0.15, 0.2) is 18.2 Å². The summed E-state index contributed by atoms with van der Waals surface area (Å²) in [7, 11) is 1.63. The molecule has 1 unspecified atom stereocenters. The molecule has 1 atom stereocenters. The van der Waals surface area contributed by atoms with Crippen molar-refractivity contribution in [3.63, 3.8) is 0 Å². The molecule has 1 saturated heterocycles. The SMILES string of the molecule is COc1cccc(Cl)c1CNC1CCC(=O)NC1. The van der Waals surface area contributed by atoms with Crippen LogP contribution >= 0.6 is 11.6 Å². The van der Waals surface area contributed by atoms with Crippen LogP contribution in [0.3, 0.4) is 0 Å². The van der Waals surface area contributed by atoms with Gasteiger partial charge < -0.3 is 15.4 Å². The van der Waals surface area contributed by atoms with Gasteiger partial charge in [0.1, 0.15) is 5.75 Å². The topological polar surface area (TPSA) is 50.4 Å². The fourth-order valence-corrected chi connectivity index (χ4v) is 2.29. The lowest BCUT2D eigenvalue weighted by atomic mass is 10.1. The Morgan fingerprint density at radius 1 is 1.56 bits per heavy atom. The predicted molar refractivity (Wildman–Crippen MR) is 70.9 cm³/mol. The van der Waals surface area contributed by atoms with Crippen molar-refractivity contribution >= 4 is 17.5 Å². The lowest BCUT2D eigenvalue weighted by Crippen LogP contribution is -2.45. The van der Waals surface area contributed by atoms with Gasteiger partial charge in [-0.3, -0.25) is 4.79 Å². The molecule has 98 valence electrons. The second-order valence-electron chi connectivity index (χ2n) is 4.34. The summed E-state index contributed by atoms with van der Waals surface area (Å²) in [6.07, 6.45) is 1.44. The third-order valence-electron chi connectivity index (χ3n) is 3.13. The highest BCUT2D eigenvalue weighted by Crippen LogP contribution is 2.26. The minimum absolute atomic E-state index is 0.128. The summed E-state index contributed by atoms with van der Waals surface area (Å²) in [5.74, 6) is 0.915. The molecule has 1 aliphatic rings. The van der Waals surface area contributed by atoms with Gasteiger partial charge in [0.25, 0.3) is 0 Å². The lowest BCUT2D eigenvalue weighted by molar-refractivity contribution is -0.122. The van der Waals surface area contributed by atoms with Crippen LogP contribution in [-0.2, 0) is 11.3 Å². The summed E-state index contributed by atoms with van der Waals surface area (Å²) < 4.78 is 5.29. The molecule has 0 aromatic heterocycles. The number of ether oxygens (including phenoxy) is 1. The summed E-state index contributed by atoms with van der Waals surface area (Å²) in [6.45, 7) is 1.31. The highest BCUT2D eigenvalue weighted by atomic mass is 35.5. The van der Waals surface area contributed by atoms with E-state index in [-0.39, 0.29) is 5.91 Å². The fraction of sp³-hybridized carbons (Fsp3) is 0.462. The van der Waals surface area contributed by atoms with Crippen LogP contribution in [0.25, 0.3) is 0 Å². The van der Waals surface area contributed by atoms with Crippen molar-refractivity contribution in [2.24, 2.45) is 0 Å². The van der Waals surface area contributed by atoms with Crippen LogP contribution in [0.5, 0.6) is 5.75 Å². The summed E-state index contributed by atoms with van der Waals surface area (Å²) >= 11 is 6.16. The average Bonchev–Trinajstić information content (AvgIpc) is 2.39. The smallest absolute Gasteiger partial charge is 0.220 e. The average molecular weight is 269 g/mol. The number of benzene rings is 1. The molecule has 18 heavy (non-hydrogen) atoms.